The highest BCUT2D eigenvalue weighted by Gasteiger charge is 2.10. The van der Waals surface area contributed by atoms with Crippen LogP contribution >= 0.6 is 0 Å². The van der Waals surface area contributed by atoms with Crippen molar-refractivity contribution in [3.8, 4) is 0 Å². The van der Waals surface area contributed by atoms with Gasteiger partial charge in [0, 0.05) is 13.3 Å². The largest absolute Gasteiger partial charge is 0.478 e. The molecule has 0 unspecified atom stereocenters. The van der Waals surface area contributed by atoms with Gasteiger partial charge in [-0.25, -0.2) is 14.8 Å². The zero-order valence-corrected chi connectivity index (χ0v) is 8.34. The number of rotatable bonds is 6. The first-order valence-corrected chi connectivity index (χ1v) is 4.34. The number of aromatic nitrogens is 2. The zero-order chi connectivity index (χ0) is 11.1. The summed E-state index contributed by atoms with van der Waals surface area (Å²) >= 11 is 0. The summed E-state index contributed by atoms with van der Waals surface area (Å²) in [6, 6.07) is 0. The molecule has 1 heterocycles. The summed E-state index contributed by atoms with van der Waals surface area (Å²) in [5, 5.41) is 8.81. The minimum atomic E-state index is -1.05. The average Bonchev–Trinajstić information content (AvgIpc) is 2.25. The van der Waals surface area contributed by atoms with Gasteiger partial charge in [0.2, 0.25) is 0 Å². The molecule has 0 radical (unpaired) electrons. The van der Waals surface area contributed by atoms with Crippen molar-refractivity contribution in [1.82, 2.24) is 9.97 Å². The Labute approximate surface area is 86.9 Å². The number of hydrogen-bond acceptors (Lipinski definition) is 5. The lowest BCUT2D eigenvalue weighted by Gasteiger charge is -2.04. The SMILES string of the molecule is COCCOCc1ncncc1C(=O)O. The molecule has 1 N–H and O–H groups in total. The minimum absolute atomic E-state index is 0.0647. The van der Waals surface area contributed by atoms with E-state index in [1.807, 2.05) is 0 Å². The van der Waals surface area contributed by atoms with Crippen LogP contribution in [0.1, 0.15) is 16.1 Å². The smallest absolute Gasteiger partial charge is 0.339 e. The van der Waals surface area contributed by atoms with E-state index >= 15 is 0 Å². The molecule has 0 aliphatic heterocycles. The van der Waals surface area contributed by atoms with E-state index in [1.54, 1.807) is 7.11 Å². The molecule has 0 amide bonds. The quantitative estimate of drug-likeness (QED) is 0.684. The molecular formula is C9H12N2O4. The lowest BCUT2D eigenvalue weighted by Crippen LogP contribution is -2.09. The van der Waals surface area contributed by atoms with Crippen molar-refractivity contribution in [2.24, 2.45) is 0 Å². The summed E-state index contributed by atoms with van der Waals surface area (Å²) in [4.78, 5) is 18.2. The van der Waals surface area contributed by atoms with Gasteiger partial charge in [0.15, 0.2) is 0 Å². The van der Waals surface area contributed by atoms with Gasteiger partial charge in [0.05, 0.1) is 25.5 Å². The van der Waals surface area contributed by atoms with E-state index in [1.165, 1.54) is 12.5 Å². The molecule has 0 fully saturated rings. The molecule has 0 aliphatic carbocycles. The molecule has 1 rings (SSSR count). The highest BCUT2D eigenvalue weighted by Crippen LogP contribution is 2.04. The highest BCUT2D eigenvalue weighted by atomic mass is 16.5. The zero-order valence-electron chi connectivity index (χ0n) is 8.34. The van der Waals surface area contributed by atoms with E-state index in [0.29, 0.717) is 18.9 Å². The molecule has 0 bridgehead atoms. The molecule has 6 heteroatoms. The molecule has 1 aromatic rings. The van der Waals surface area contributed by atoms with Crippen LogP contribution in [0.5, 0.6) is 0 Å². The van der Waals surface area contributed by atoms with Gasteiger partial charge in [-0.2, -0.15) is 0 Å². The first-order chi connectivity index (χ1) is 7.25. The average molecular weight is 212 g/mol. The summed E-state index contributed by atoms with van der Waals surface area (Å²) in [5.41, 5.74) is 0.434. The molecule has 0 saturated heterocycles. The molecule has 0 aliphatic rings. The summed E-state index contributed by atoms with van der Waals surface area (Å²) in [5.74, 6) is -1.05. The second-order valence-corrected chi connectivity index (χ2v) is 2.73. The van der Waals surface area contributed by atoms with Crippen LogP contribution in [-0.4, -0.2) is 41.4 Å². The summed E-state index contributed by atoms with van der Waals surface area (Å²) in [6.07, 6.45) is 2.55. The monoisotopic (exact) mass is 212 g/mol. The van der Waals surface area contributed by atoms with Crippen molar-refractivity contribution in [2.45, 2.75) is 6.61 Å². The van der Waals surface area contributed by atoms with Crippen LogP contribution in [0.25, 0.3) is 0 Å². The van der Waals surface area contributed by atoms with Crippen molar-refractivity contribution in [3.05, 3.63) is 23.8 Å². The van der Waals surface area contributed by atoms with E-state index in [4.69, 9.17) is 14.6 Å². The summed E-state index contributed by atoms with van der Waals surface area (Å²) in [6.45, 7) is 1.01. The Bertz CT molecular complexity index is 330. The van der Waals surface area contributed by atoms with E-state index in [9.17, 15) is 4.79 Å². The maximum atomic E-state index is 10.8. The number of aromatic carboxylic acids is 1. The number of nitrogens with zero attached hydrogens (tertiary/aromatic N) is 2. The molecule has 0 spiro atoms. The molecule has 1 aromatic heterocycles. The molecular weight excluding hydrogens is 200 g/mol. The summed E-state index contributed by atoms with van der Waals surface area (Å²) in [7, 11) is 1.57. The van der Waals surface area contributed by atoms with E-state index < -0.39 is 5.97 Å². The van der Waals surface area contributed by atoms with E-state index in [0.717, 1.165) is 0 Å². The first kappa shape index (κ1) is 11.5. The highest BCUT2D eigenvalue weighted by molar-refractivity contribution is 5.88. The maximum Gasteiger partial charge on any atom is 0.339 e. The van der Waals surface area contributed by atoms with Gasteiger partial charge < -0.3 is 14.6 Å². The van der Waals surface area contributed by atoms with Crippen molar-refractivity contribution in [3.63, 3.8) is 0 Å². The molecule has 0 aromatic carbocycles. The van der Waals surface area contributed by atoms with Crippen LogP contribution in [0.15, 0.2) is 12.5 Å². The first-order valence-electron chi connectivity index (χ1n) is 4.34. The van der Waals surface area contributed by atoms with Crippen LogP contribution in [0.2, 0.25) is 0 Å². The Kier molecular flexibility index (Phi) is 4.65. The molecule has 0 atom stereocenters. The van der Waals surface area contributed by atoms with Crippen LogP contribution in [0, 0.1) is 0 Å². The fraction of sp³-hybridized carbons (Fsp3) is 0.444. The fourth-order valence-corrected chi connectivity index (χ4v) is 0.960. The normalized spacial score (nSPS) is 10.2. The van der Waals surface area contributed by atoms with Crippen LogP contribution < -0.4 is 0 Å². The van der Waals surface area contributed by atoms with Gasteiger partial charge in [0.25, 0.3) is 0 Å². The number of carboxylic acid groups (broad SMARTS) is 1. The third-order valence-electron chi connectivity index (χ3n) is 1.70. The number of carbonyl (C=O) groups is 1. The van der Waals surface area contributed by atoms with Crippen molar-refractivity contribution in [1.29, 1.82) is 0 Å². The third-order valence-corrected chi connectivity index (χ3v) is 1.70. The van der Waals surface area contributed by atoms with Gasteiger partial charge in [-0.1, -0.05) is 0 Å². The number of ether oxygens (including phenoxy) is 2. The van der Waals surface area contributed by atoms with Crippen LogP contribution in [0.3, 0.4) is 0 Å². The minimum Gasteiger partial charge on any atom is -0.478 e. The van der Waals surface area contributed by atoms with Crippen molar-refractivity contribution < 1.29 is 19.4 Å². The van der Waals surface area contributed by atoms with Crippen molar-refractivity contribution >= 4 is 5.97 Å². The Morgan fingerprint density at radius 2 is 2.33 bits per heavy atom. The molecule has 82 valence electrons. The summed E-state index contributed by atoms with van der Waals surface area (Å²) < 4.78 is 9.96. The Balaban J connectivity index is 2.56. The topological polar surface area (TPSA) is 81.5 Å². The van der Waals surface area contributed by atoms with E-state index in [2.05, 4.69) is 9.97 Å². The third kappa shape index (κ3) is 3.61. The molecule has 0 saturated carbocycles. The fourth-order valence-electron chi connectivity index (χ4n) is 0.960. The maximum absolute atomic E-state index is 10.8. The molecule has 6 nitrogen and oxygen atoms in total. The predicted molar refractivity (Wildman–Crippen MR) is 50.5 cm³/mol. The second kappa shape index (κ2) is 6.05. The van der Waals surface area contributed by atoms with E-state index in [-0.39, 0.29) is 12.2 Å². The predicted octanol–water partition coefficient (Wildman–Crippen LogP) is 0.338. The lowest BCUT2D eigenvalue weighted by molar-refractivity contribution is 0.0574. The number of hydrogen-bond donors (Lipinski definition) is 1. The van der Waals surface area contributed by atoms with Crippen LogP contribution in [-0.2, 0) is 16.1 Å². The Hall–Kier alpha value is -1.53. The van der Waals surface area contributed by atoms with Crippen molar-refractivity contribution in [2.75, 3.05) is 20.3 Å². The van der Waals surface area contributed by atoms with Gasteiger partial charge in [-0.15, -0.1) is 0 Å². The standard InChI is InChI=1S/C9H12N2O4/c1-14-2-3-15-5-8-7(9(12)13)4-10-6-11-8/h4,6H,2-3,5H2,1H3,(H,12,13). The Morgan fingerprint density at radius 1 is 1.53 bits per heavy atom. The van der Waals surface area contributed by atoms with Gasteiger partial charge in [-0.3, -0.25) is 0 Å². The van der Waals surface area contributed by atoms with Crippen LogP contribution in [0.4, 0.5) is 0 Å². The van der Waals surface area contributed by atoms with Gasteiger partial charge in [-0.05, 0) is 0 Å². The second-order valence-electron chi connectivity index (χ2n) is 2.73. The van der Waals surface area contributed by atoms with Gasteiger partial charge in [0.1, 0.15) is 11.9 Å². The molecule has 15 heavy (non-hydrogen) atoms. The number of methoxy groups -OCH3 is 1. The number of carboxylic acids is 1. The van der Waals surface area contributed by atoms with Gasteiger partial charge >= 0.3 is 5.97 Å². The lowest BCUT2D eigenvalue weighted by atomic mass is 10.2. The Morgan fingerprint density at radius 3 is 3.00 bits per heavy atom.